The molecular weight excluding hydrogens is 223 g/mol. The Hall–Kier alpha value is -0.770. The molecule has 0 aliphatic rings. The van der Waals surface area contributed by atoms with Crippen molar-refractivity contribution in [3.05, 3.63) is 22.4 Å². The Morgan fingerprint density at radius 2 is 2.00 bits per heavy atom. The highest BCUT2D eigenvalue weighted by molar-refractivity contribution is 9.10. The highest BCUT2D eigenvalue weighted by atomic mass is 79.9. The summed E-state index contributed by atoms with van der Waals surface area (Å²) in [5.74, 6) is -0.335. The lowest BCUT2D eigenvalue weighted by atomic mass is 10.2. The third kappa shape index (κ3) is 1.69. The van der Waals surface area contributed by atoms with Gasteiger partial charge in [-0.1, -0.05) is 0 Å². The van der Waals surface area contributed by atoms with Gasteiger partial charge in [-0.3, -0.25) is 0 Å². The normalized spacial score (nSPS) is 10.0. The van der Waals surface area contributed by atoms with Crippen LogP contribution in [0.2, 0.25) is 0 Å². The first-order chi connectivity index (χ1) is 5.52. The van der Waals surface area contributed by atoms with Gasteiger partial charge in [0.25, 0.3) is 0 Å². The molecule has 0 saturated carbocycles. The summed E-state index contributed by atoms with van der Waals surface area (Å²) in [7, 11) is 3.71. The van der Waals surface area contributed by atoms with Crippen LogP contribution in [0.3, 0.4) is 0 Å². The highest BCUT2D eigenvalue weighted by Gasteiger charge is 2.06. The first-order valence-electron chi connectivity index (χ1n) is 3.44. The van der Waals surface area contributed by atoms with Gasteiger partial charge < -0.3 is 10.6 Å². The van der Waals surface area contributed by atoms with Crippen LogP contribution in [0, 0.1) is 5.82 Å². The van der Waals surface area contributed by atoms with E-state index in [0.29, 0.717) is 10.2 Å². The van der Waals surface area contributed by atoms with Crippen molar-refractivity contribution >= 4 is 27.3 Å². The number of hydrogen-bond donors (Lipinski definition) is 1. The van der Waals surface area contributed by atoms with Gasteiger partial charge in [0.15, 0.2) is 0 Å². The smallest absolute Gasteiger partial charge is 0.139 e. The molecule has 0 bridgehead atoms. The third-order valence-corrected chi connectivity index (χ3v) is 2.16. The SMILES string of the molecule is CN(C)c1cc(Br)c(F)cc1N. The van der Waals surface area contributed by atoms with E-state index in [-0.39, 0.29) is 5.82 Å². The van der Waals surface area contributed by atoms with E-state index in [2.05, 4.69) is 15.9 Å². The van der Waals surface area contributed by atoms with Crippen LogP contribution in [0.5, 0.6) is 0 Å². The number of benzene rings is 1. The molecule has 0 spiro atoms. The van der Waals surface area contributed by atoms with Crippen LogP contribution in [-0.4, -0.2) is 14.1 Å². The third-order valence-electron chi connectivity index (χ3n) is 1.55. The first-order valence-corrected chi connectivity index (χ1v) is 4.23. The van der Waals surface area contributed by atoms with Crippen molar-refractivity contribution in [2.75, 3.05) is 24.7 Å². The zero-order valence-corrected chi connectivity index (χ0v) is 8.52. The molecule has 0 radical (unpaired) electrons. The summed E-state index contributed by atoms with van der Waals surface area (Å²) in [4.78, 5) is 1.83. The number of nitrogens with two attached hydrogens (primary N) is 1. The van der Waals surface area contributed by atoms with Crippen LogP contribution in [0.25, 0.3) is 0 Å². The molecule has 2 N–H and O–H groups in total. The molecule has 4 heteroatoms. The second-order valence-electron chi connectivity index (χ2n) is 2.72. The highest BCUT2D eigenvalue weighted by Crippen LogP contribution is 2.27. The van der Waals surface area contributed by atoms with Gasteiger partial charge in [-0.2, -0.15) is 0 Å². The van der Waals surface area contributed by atoms with Gasteiger partial charge in [0.05, 0.1) is 15.8 Å². The van der Waals surface area contributed by atoms with E-state index < -0.39 is 0 Å². The van der Waals surface area contributed by atoms with Crippen molar-refractivity contribution in [1.82, 2.24) is 0 Å². The molecule has 0 amide bonds. The summed E-state index contributed by atoms with van der Waals surface area (Å²) in [6, 6.07) is 2.96. The number of hydrogen-bond acceptors (Lipinski definition) is 2. The molecule has 0 heterocycles. The molecule has 0 saturated heterocycles. The Balaban J connectivity index is 3.23. The molecule has 0 unspecified atom stereocenters. The molecule has 0 aliphatic carbocycles. The van der Waals surface area contributed by atoms with Gasteiger partial charge >= 0.3 is 0 Å². The van der Waals surface area contributed by atoms with Gasteiger partial charge in [0.1, 0.15) is 5.82 Å². The Morgan fingerprint density at radius 1 is 1.42 bits per heavy atom. The fraction of sp³-hybridized carbons (Fsp3) is 0.250. The van der Waals surface area contributed by atoms with Crippen molar-refractivity contribution in [2.45, 2.75) is 0 Å². The Kier molecular flexibility index (Phi) is 2.57. The molecule has 1 aromatic carbocycles. The van der Waals surface area contributed by atoms with Gasteiger partial charge in [-0.15, -0.1) is 0 Å². The van der Waals surface area contributed by atoms with Crippen molar-refractivity contribution in [1.29, 1.82) is 0 Å². The molecule has 0 atom stereocenters. The lowest BCUT2D eigenvalue weighted by molar-refractivity contribution is 0.622. The standard InChI is InChI=1S/C8H10BrFN2/c1-12(2)8-3-5(9)6(10)4-7(8)11/h3-4H,11H2,1-2H3. The topological polar surface area (TPSA) is 29.3 Å². The van der Waals surface area contributed by atoms with E-state index in [9.17, 15) is 4.39 Å². The number of nitrogens with zero attached hydrogens (tertiary/aromatic N) is 1. The van der Waals surface area contributed by atoms with Gasteiger partial charge in [-0.05, 0) is 22.0 Å². The number of rotatable bonds is 1. The van der Waals surface area contributed by atoms with E-state index in [4.69, 9.17) is 5.73 Å². The van der Waals surface area contributed by atoms with Crippen LogP contribution in [0.15, 0.2) is 16.6 Å². The van der Waals surface area contributed by atoms with Crippen molar-refractivity contribution in [3.8, 4) is 0 Å². The minimum Gasteiger partial charge on any atom is -0.397 e. The number of nitrogen functional groups attached to an aromatic ring is 1. The monoisotopic (exact) mass is 232 g/mol. The summed E-state index contributed by atoms with van der Waals surface area (Å²) >= 11 is 3.09. The zero-order valence-electron chi connectivity index (χ0n) is 6.94. The second-order valence-corrected chi connectivity index (χ2v) is 3.57. The first kappa shape index (κ1) is 9.32. The van der Waals surface area contributed by atoms with Crippen LogP contribution >= 0.6 is 15.9 Å². The van der Waals surface area contributed by atoms with E-state index in [1.807, 2.05) is 19.0 Å². The van der Waals surface area contributed by atoms with Gasteiger partial charge in [0, 0.05) is 20.2 Å². The van der Waals surface area contributed by atoms with E-state index >= 15 is 0 Å². The maximum atomic E-state index is 12.9. The second kappa shape index (κ2) is 3.31. The zero-order chi connectivity index (χ0) is 9.30. The van der Waals surface area contributed by atoms with Crippen LogP contribution in [0.1, 0.15) is 0 Å². The van der Waals surface area contributed by atoms with Gasteiger partial charge in [-0.25, -0.2) is 4.39 Å². The summed E-state index contributed by atoms with van der Waals surface area (Å²) in [5.41, 5.74) is 6.84. The summed E-state index contributed by atoms with van der Waals surface area (Å²) < 4.78 is 13.3. The fourth-order valence-electron chi connectivity index (χ4n) is 0.939. The van der Waals surface area contributed by atoms with Crippen molar-refractivity contribution in [2.24, 2.45) is 0 Å². The molecule has 0 aromatic heterocycles. The maximum absolute atomic E-state index is 12.9. The largest absolute Gasteiger partial charge is 0.397 e. The number of anilines is 2. The molecule has 2 nitrogen and oxygen atoms in total. The van der Waals surface area contributed by atoms with Crippen LogP contribution < -0.4 is 10.6 Å². The van der Waals surface area contributed by atoms with E-state index in [1.165, 1.54) is 6.07 Å². The minimum absolute atomic E-state index is 0.335. The average Bonchev–Trinajstić information content (AvgIpc) is 1.96. The molecule has 1 rings (SSSR count). The Bertz CT molecular complexity index is 299. The molecular formula is C8H10BrFN2. The fourth-order valence-corrected chi connectivity index (χ4v) is 1.27. The quantitative estimate of drug-likeness (QED) is 0.753. The molecule has 0 fully saturated rings. The Labute approximate surface area is 79.3 Å². The lowest BCUT2D eigenvalue weighted by Crippen LogP contribution is -2.11. The molecule has 66 valence electrons. The molecule has 12 heavy (non-hydrogen) atoms. The predicted octanol–water partition coefficient (Wildman–Crippen LogP) is 2.24. The van der Waals surface area contributed by atoms with E-state index in [0.717, 1.165) is 5.69 Å². The summed E-state index contributed by atoms with van der Waals surface area (Å²) in [6.45, 7) is 0. The summed E-state index contributed by atoms with van der Waals surface area (Å²) in [5, 5.41) is 0. The van der Waals surface area contributed by atoms with Crippen LogP contribution in [-0.2, 0) is 0 Å². The van der Waals surface area contributed by atoms with Gasteiger partial charge in [0.2, 0.25) is 0 Å². The van der Waals surface area contributed by atoms with E-state index in [1.54, 1.807) is 6.07 Å². The van der Waals surface area contributed by atoms with Crippen molar-refractivity contribution < 1.29 is 4.39 Å². The molecule has 1 aromatic rings. The number of halogens is 2. The Morgan fingerprint density at radius 3 is 2.50 bits per heavy atom. The maximum Gasteiger partial charge on any atom is 0.139 e. The van der Waals surface area contributed by atoms with Crippen molar-refractivity contribution in [3.63, 3.8) is 0 Å². The summed E-state index contributed by atoms with van der Waals surface area (Å²) in [6.07, 6.45) is 0. The molecule has 0 aliphatic heterocycles. The minimum atomic E-state index is -0.335. The lowest BCUT2D eigenvalue weighted by Gasteiger charge is -2.15. The average molecular weight is 233 g/mol. The predicted molar refractivity (Wildman–Crippen MR) is 52.8 cm³/mol. The van der Waals surface area contributed by atoms with Crippen LogP contribution in [0.4, 0.5) is 15.8 Å².